The van der Waals surface area contributed by atoms with Gasteiger partial charge in [-0.25, -0.2) is 0 Å². The molecule has 0 aromatic heterocycles. The Labute approximate surface area is 255 Å². The third-order valence-corrected chi connectivity index (χ3v) is 10.3. The molecule has 2 aliphatic rings. The molecule has 212 valence electrons. The van der Waals surface area contributed by atoms with Gasteiger partial charge in [-0.1, -0.05) is 112 Å². The van der Waals surface area contributed by atoms with Crippen molar-refractivity contribution in [2.24, 2.45) is 0 Å². The van der Waals surface area contributed by atoms with Crippen LogP contribution in [0.2, 0.25) is 0 Å². The van der Waals surface area contributed by atoms with E-state index in [1.54, 1.807) is 0 Å². The zero-order chi connectivity index (χ0) is 29.1. The highest BCUT2D eigenvalue weighted by molar-refractivity contribution is 5.95. The van der Waals surface area contributed by atoms with E-state index >= 15 is 0 Å². The fourth-order valence-corrected chi connectivity index (χ4v) is 8.02. The van der Waals surface area contributed by atoms with Gasteiger partial charge >= 0.3 is 0 Å². The van der Waals surface area contributed by atoms with Crippen LogP contribution in [0.4, 0.5) is 17.1 Å². The lowest BCUT2D eigenvalue weighted by Crippen LogP contribution is -2.18. The summed E-state index contributed by atoms with van der Waals surface area (Å²) >= 11 is 0. The molecule has 2 aliphatic carbocycles. The molecule has 0 N–H and O–H groups in total. The molecule has 1 nitrogen and oxygen atoms in total. The van der Waals surface area contributed by atoms with Gasteiger partial charge < -0.3 is 4.90 Å². The van der Waals surface area contributed by atoms with Gasteiger partial charge in [0.25, 0.3) is 0 Å². The molecule has 1 heteroatoms. The van der Waals surface area contributed by atoms with E-state index in [0.29, 0.717) is 5.92 Å². The van der Waals surface area contributed by atoms with Crippen LogP contribution in [0.25, 0.3) is 32.7 Å². The van der Waals surface area contributed by atoms with Crippen LogP contribution >= 0.6 is 0 Å². The summed E-state index contributed by atoms with van der Waals surface area (Å²) < 4.78 is 0. The zero-order valence-corrected chi connectivity index (χ0v) is 25.5. The Hall–Kier alpha value is -4.36. The Morgan fingerprint density at radius 2 is 1.23 bits per heavy atom. The summed E-state index contributed by atoms with van der Waals surface area (Å²) in [5.74, 6) is 0.578. The summed E-state index contributed by atoms with van der Waals surface area (Å²) in [5, 5.41) is 5.19. The molecular weight excluding hydrogens is 518 g/mol. The largest absolute Gasteiger partial charge is 0.310 e. The fourth-order valence-electron chi connectivity index (χ4n) is 8.02. The lowest BCUT2D eigenvalue weighted by Gasteiger charge is -2.33. The highest BCUT2D eigenvalue weighted by atomic mass is 15.1. The third kappa shape index (κ3) is 4.28. The first kappa shape index (κ1) is 26.3. The summed E-state index contributed by atoms with van der Waals surface area (Å²) in [4.78, 5) is 2.56. The van der Waals surface area contributed by atoms with E-state index in [9.17, 15) is 0 Å². The molecule has 0 unspecified atom stereocenters. The molecule has 0 radical (unpaired) electrons. The normalized spacial score (nSPS) is 15.9. The fraction of sp³-hybridized carbons (Fsp3) is 0.238. The number of hydrogen-bond acceptors (Lipinski definition) is 1. The molecule has 0 heterocycles. The Balaban J connectivity index is 1.39. The summed E-state index contributed by atoms with van der Waals surface area (Å²) in [6, 6.07) is 43.6. The summed E-state index contributed by atoms with van der Waals surface area (Å²) in [5.41, 5.74) is 12.2. The molecule has 43 heavy (non-hydrogen) atoms. The van der Waals surface area contributed by atoms with Gasteiger partial charge in [0, 0.05) is 16.8 Å². The third-order valence-electron chi connectivity index (χ3n) is 10.3. The maximum atomic E-state index is 2.56. The Morgan fingerprint density at radius 1 is 0.581 bits per heavy atom. The van der Waals surface area contributed by atoms with Crippen molar-refractivity contribution >= 4 is 38.6 Å². The zero-order valence-electron chi connectivity index (χ0n) is 25.5. The second-order valence-corrected chi connectivity index (χ2v) is 13.3. The average molecular weight is 558 g/mol. The Kier molecular flexibility index (Phi) is 6.19. The molecule has 6 aromatic carbocycles. The number of nitrogens with zero attached hydrogens (tertiary/aromatic N) is 1. The van der Waals surface area contributed by atoms with Crippen LogP contribution < -0.4 is 4.90 Å². The topological polar surface area (TPSA) is 3.24 Å². The van der Waals surface area contributed by atoms with Crippen LogP contribution in [0.3, 0.4) is 0 Å². The van der Waals surface area contributed by atoms with Gasteiger partial charge in [-0.2, -0.15) is 0 Å². The summed E-state index contributed by atoms with van der Waals surface area (Å²) in [6.45, 7) is 7.04. The highest BCUT2D eigenvalue weighted by Crippen LogP contribution is 2.52. The minimum atomic E-state index is -0.0582. The maximum Gasteiger partial charge on any atom is 0.0502 e. The van der Waals surface area contributed by atoms with Crippen molar-refractivity contribution in [1.82, 2.24) is 0 Å². The Morgan fingerprint density at radius 3 is 2.00 bits per heavy atom. The first-order valence-electron chi connectivity index (χ1n) is 16.1. The molecule has 0 spiro atoms. The standard InChI is InChI=1S/C42H39N/c1-28-12-11-19-38-41(28)36-23-22-35(27-39(36)42(38,2)3)43(34-21-20-29-13-7-8-16-31(29)24-34)40-26-33-18-10-9-17-32(33)25-37(40)30-14-5-4-6-15-30/h7-13,16-27,30H,4-6,14-15H2,1-3H3. The summed E-state index contributed by atoms with van der Waals surface area (Å²) in [7, 11) is 0. The van der Waals surface area contributed by atoms with Gasteiger partial charge in [0.1, 0.15) is 0 Å². The van der Waals surface area contributed by atoms with Crippen molar-refractivity contribution in [1.29, 1.82) is 0 Å². The molecule has 8 rings (SSSR count). The first-order valence-corrected chi connectivity index (χ1v) is 16.1. The van der Waals surface area contributed by atoms with E-state index in [0.717, 1.165) is 0 Å². The predicted molar refractivity (Wildman–Crippen MR) is 184 cm³/mol. The van der Waals surface area contributed by atoms with Crippen LogP contribution in [0.5, 0.6) is 0 Å². The minimum absolute atomic E-state index is 0.0582. The molecule has 0 atom stereocenters. The van der Waals surface area contributed by atoms with Crippen molar-refractivity contribution in [2.75, 3.05) is 4.90 Å². The summed E-state index contributed by atoms with van der Waals surface area (Å²) in [6.07, 6.45) is 6.52. The number of rotatable bonds is 4. The van der Waals surface area contributed by atoms with Crippen molar-refractivity contribution in [3.8, 4) is 11.1 Å². The van der Waals surface area contributed by atoms with E-state index in [4.69, 9.17) is 0 Å². The number of anilines is 3. The predicted octanol–water partition coefficient (Wildman–Crippen LogP) is 12.1. The monoisotopic (exact) mass is 557 g/mol. The van der Waals surface area contributed by atoms with E-state index in [1.807, 2.05) is 0 Å². The van der Waals surface area contributed by atoms with E-state index < -0.39 is 0 Å². The van der Waals surface area contributed by atoms with Crippen LogP contribution in [-0.4, -0.2) is 0 Å². The molecular formula is C42H39N. The molecule has 0 saturated heterocycles. The molecule has 1 saturated carbocycles. The van der Waals surface area contributed by atoms with Crippen molar-refractivity contribution in [3.63, 3.8) is 0 Å². The number of aryl methyl sites for hydroxylation is 1. The van der Waals surface area contributed by atoms with E-state index in [2.05, 4.69) is 141 Å². The smallest absolute Gasteiger partial charge is 0.0502 e. The lowest BCUT2D eigenvalue weighted by molar-refractivity contribution is 0.444. The van der Waals surface area contributed by atoms with Gasteiger partial charge in [0.2, 0.25) is 0 Å². The number of benzene rings is 6. The van der Waals surface area contributed by atoms with Gasteiger partial charge in [0.05, 0.1) is 5.69 Å². The molecule has 0 amide bonds. The van der Waals surface area contributed by atoms with E-state index in [1.165, 1.54) is 104 Å². The van der Waals surface area contributed by atoms with Gasteiger partial charge in [-0.15, -0.1) is 0 Å². The molecule has 1 fully saturated rings. The van der Waals surface area contributed by atoms with Crippen molar-refractivity contribution in [2.45, 2.75) is 64.2 Å². The van der Waals surface area contributed by atoms with Crippen LogP contribution in [0.1, 0.15) is 74.1 Å². The lowest BCUT2D eigenvalue weighted by atomic mass is 9.81. The average Bonchev–Trinajstić information content (AvgIpc) is 3.28. The van der Waals surface area contributed by atoms with Crippen LogP contribution in [0, 0.1) is 6.92 Å². The minimum Gasteiger partial charge on any atom is -0.310 e. The highest BCUT2D eigenvalue weighted by Gasteiger charge is 2.37. The second kappa shape index (κ2) is 10.1. The molecule has 0 aliphatic heterocycles. The quantitative estimate of drug-likeness (QED) is 0.208. The maximum absolute atomic E-state index is 2.56. The van der Waals surface area contributed by atoms with Crippen molar-refractivity contribution in [3.05, 3.63) is 138 Å². The van der Waals surface area contributed by atoms with Gasteiger partial charge in [-0.3, -0.25) is 0 Å². The molecule has 0 bridgehead atoms. The number of hydrogen-bond donors (Lipinski definition) is 0. The van der Waals surface area contributed by atoms with Crippen molar-refractivity contribution < 1.29 is 0 Å². The number of fused-ring (bicyclic) bond motifs is 5. The second-order valence-electron chi connectivity index (χ2n) is 13.3. The van der Waals surface area contributed by atoms with E-state index in [-0.39, 0.29) is 5.41 Å². The first-order chi connectivity index (χ1) is 21.0. The SMILES string of the molecule is Cc1cccc2c1-c1ccc(N(c3ccc4ccccc4c3)c3cc4ccccc4cc3C3CCCCC3)cc1C2(C)C. The Bertz CT molecular complexity index is 2010. The van der Waals surface area contributed by atoms with Crippen LogP contribution in [-0.2, 0) is 5.41 Å². The van der Waals surface area contributed by atoms with Crippen LogP contribution in [0.15, 0.2) is 115 Å². The van der Waals surface area contributed by atoms with Gasteiger partial charge in [-0.05, 0) is 117 Å². The van der Waals surface area contributed by atoms with Gasteiger partial charge in [0.15, 0.2) is 0 Å². The molecule has 6 aromatic rings.